The van der Waals surface area contributed by atoms with Crippen LogP contribution in [0.3, 0.4) is 0 Å². The molecule has 0 amide bonds. The van der Waals surface area contributed by atoms with Crippen molar-refractivity contribution < 1.29 is 10.2 Å². The van der Waals surface area contributed by atoms with Gasteiger partial charge in [0.05, 0.1) is 6.61 Å². The van der Waals surface area contributed by atoms with Crippen LogP contribution in [0, 0.1) is 6.92 Å². The van der Waals surface area contributed by atoms with E-state index in [1.54, 1.807) is 25.1 Å². The lowest BCUT2D eigenvalue weighted by atomic mass is 10.2. The number of phenols is 1. The standard InChI is InChI=1S/C12H16N6O2/c1-8-13-12(16-14-8)17-15-10-4-3-9(7-11(10)20)18(2)5-6-19/h3-4,7,19-20H,5-6H2,1-2H3,(H,13,14,16). The number of hydrogen-bond acceptors (Lipinski definition) is 7. The minimum Gasteiger partial charge on any atom is -0.506 e. The minimum absolute atomic E-state index is 0.00305. The zero-order chi connectivity index (χ0) is 14.5. The molecule has 0 fully saturated rings. The zero-order valence-electron chi connectivity index (χ0n) is 11.3. The van der Waals surface area contributed by atoms with Crippen LogP contribution in [0.4, 0.5) is 17.3 Å². The predicted molar refractivity (Wildman–Crippen MR) is 73.8 cm³/mol. The van der Waals surface area contributed by atoms with Crippen LogP contribution in [0.5, 0.6) is 5.75 Å². The van der Waals surface area contributed by atoms with Gasteiger partial charge in [-0.15, -0.1) is 15.3 Å². The molecule has 1 aromatic heterocycles. The molecule has 0 spiro atoms. The maximum absolute atomic E-state index is 9.90. The Morgan fingerprint density at radius 1 is 1.35 bits per heavy atom. The summed E-state index contributed by atoms with van der Waals surface area (Å²) in [4.78, 5) is 5.80. The second kappa shape index (κ2) is 6.11. The summed E-state index contributed by atoms with van der Waals surface area (Å²) in [6.45, 7) is 2.29. The fraction of sp³-hybridized carbons (Fsp3) is 0.333. The quantitative estimate of drug-likeness (QED) is 0.719. The van der Waals surface area contributed by atoms with Crippen LogP contribution in [0.1, 0.15) is 5.82 Å². The normalized spacial score (nSPS) is 11.2. The topological polar surface area (TPSA) is 110 Å². The Bertz CT molecular complexity index is 610. The summed E-state index contributed by atoms with van der Waals surface area (Å²) >= 11 is 0. The Kier molecular flexibility index (Phi) is 4.26. The first kappa shape index (κ1) is 13.9. The Morgan fingerprint density at radius 3 is 2.75 bits per heavy atom. The zero-order valence-corrected chi connectivity index (χ0v) is 11.3. The SMILES string of the molecule is Cc1nc(N=Nc2ccc(N(C)CCO)cc2O)n[nH]1. The molecule has 2 rings (SSSR count). The van der Waals surface area contributed by atoms with Crippen molar-refractivity contribution in [2.45, 2.75) is 6.92 Å². The van der Waals surface area contributed by atoms with Crippen LogP contribution < -0.4 is 4.90 Å². The summed E-state index contributed by atoms with van der Waals surface area (Å²) in [5.41, 5.74) is 1.11. The third-order valence-electron chi connectivity index (χ3n) is 2.67. The van der Waals surface area contributed by atoms with Gasteiger partial charge in [-0.25, -0.2) is 0 Å². The van der Waals surface area contributed by atoms with Crippen molar-refractivity contribution in [1.29, 1.82) is 0 Å². The smallest absolute Gasteiger partial charge is 0.287 e. The van der Waals surface area contributed by atoms with Gasteiger partial charge in [-0.3, -0.25) is 5.10 Å². The van der Waals surface area contributed by atoms with Crippen molar-refractivity contribution in [3.8, 4) is 5.75 Å². The van der Waals surface area contributed by atoms with Crippen molar-refractivity contribution in [3.63, 3.8) is 0 Å². The molecule has 0 aliphatic rings. The number of nitrogens with one attached hydrogen (secondary N) is 1. The van der Waals surface area contributed by atoms with Crippen molar-refractivity contribution in [1.82, 2.24) is 15.2 Å². The number of aliphatic hydroxyl groups excluding tert-OH is 1. The van der Waals surface area contributed by atoms with Crippen molar-refractivity contribution >= 4 is 17.3 Å². The molecule has 0 atom stereocenters. The van der Waals surface area contributed by atoms with Gasteiger partial charge in [0, 0.05) is 25.3 Å². The maximum atomic E-state index is 9.90. The molecule has 3 N–H and O–H groups in total. The Hall–Kier alpha value is -2.48. The summed E-state index contributed by atoms with van der Waals surface area (Å²) in [7, 11) is 1.82. The minimum atomic E-state index is 0.00305. The number of hydrogen-bond donors (Lipinski definition) is 3. The number of rotatable bonds is 5. The summed E-state index contributed by atoms with van der Waals surface area (Å²) in [6.07, 6.45) is 0. The number of H-pyrrole nitrogens is 1. The number of phenolic OH excluding ortho intramolecular Hbond substituents is 1. The van der Waals surface area contributed by atoms with Crippen LogP contribution in [-0.4, -0.2) is 45.6 Å². The van der Waals surface area contributed by atoms with Crippen LogP contribution in [0.15, 0.2) is 28.4 Å². The molecule has 0 bridgehead atoms. The fourth-order valence-electron chi connectivity index (χ4n) is 1.59. The number of nitrogens with zero attached hydrogens (tertiary/aromatic N) is 5. The van der Waals surface area contributed by atoms with Gasteiger partial charge in [0.15, 0.2) is 0 Å². The third-order valence-corrected chi connectivity index (χ3v) is 2.67. The largest absolute Gasteiger partial charge is 0.506 e. The second-order valence-electron chi connectivity index (χ2n) is 4.24. The summed E-state index contributed by atoms with van der Waals surface area (Å²) < 4.78 is 0. The molecule has 0 saturated heterocycles. The molecule has 20 heavy (non-hydrogen) atoms. The molecule has 106 valence electrons. The first-order valence-electron chi connectivity index (χ1n) is 6.06. The van der Waals surface area contributed by atoms with Gasteiger partial charge in [0.2, 0.25) is 0 Å². The van der Waals surface area contributed by atoms with Crippen molar-refractivity contribution in [3.05, 3.63) is 24.0 Å². The molecule has 0 saturated carbocycles. The molecule has 0 aliphatic heterocycles. The molecule has 8 heteroatoms. The highest BCUT2D eigenvalue weighted by atomic mass is 16.3. The number of likely N-dealkylation sites (N-methyl/N-ethyl adjacent to an activating group) is 1. The molecule has 2 aromatic rings. The monoisotopic (exact) mass is 276 g/mol. The van der Waals surface area contributed by atoms with E-state index in [9.17, 15) is 5.11 Å². The van der Waals surface area contributed by atoms with Gasteiger partial charge in [-0.1, -0.05) is 0 Å². The molecule has 1 heterocycles. The second-order valence-corrected chi connectivity index (χ2v) is 4.24. The Labute approximate surface area is 115 Å². The number of aromatic hydroxyl groups is 1. The number of anilines is 1. The number of aryl methyl sites for hydroxylation is 1. The van der Waals surface area contributed by atoms with Gasteiger partial charge < -0.3 is 15.1 Å². The van der Waals surface area contributed by atoms with E-state index in [1.165, 1.54) is 0 Å². The van der Waals surface area contributed by atoms with Crippen molar-refractivity contribution in [2.75, 3.05) is 25.1 Å². The molecule has 1 aromatic carbocycles. The number of benzene rings is 1. The van der Waals surface area contributed by atoms with E-state index in [4.69, 9.17) is 5.11 Å². The number of aromatic nitrogens is 3. The summed E-state index contributed by atoms with van der Waals surface area (Å²) in [5, 5.41) is 33.0. The summed E-state index contributed by atoms with van der Waals surface area (Å²) in [6, 6.07) is 4.99. The molecular formula is C12H16N6O2. The molecular weight excluding hydrogens is 260 g/mol. The van der Waals surface area contributed by atoms with E-state index < -0.39 is 0 Å². The maximum Gasteiger partial charge on any atom is 0.287 e. The van der Waals surface area contributed by atoms with Gasteiger partial charge >= 0.3 is 0 Å². The van der Waals surface area contributed by atoms with Gasteiger partial charge in [-0.05, 0) is 19.1 Å². The highest BCUT2D eigenvalue weighted by molar-refractivity contribution is 5.60. The van der Waals surface area contributed by atoms with E-state index in [0.717, 1.165) is 5.69 Å². The average Bonchev–Trinajstić information content (AvgIpc) is 2.83. The van der Waals surface area contributed by atoms with Gasteiger partial charge in [0.1, 0.15) is 17.3 Å². The van der Waals surface area contributed by atoms with Crippen LogP contribution in [-0.2, 0) is 0 Å². The number of aromatic amines is 1. The third kappa shape index (κ3) is 3.29. The van der Waals surface area contributed by atoms with E-state index >= 15 is 0 Å². The first-order valence-corrected chi connectivity index (χ1v) is 6.06. The Balaban J connectivity index is 2.15. The lowest BCUT2D eigenvalue weighted by Gasteiger charge is -2.18. The first-order chi connectivity index (χ1) is 9.60. The lowest BCUT2D eigenvalue weighted by Crippen LogP contribution is -2.20. The fourth-order valence-corrected chi connectivity index (χ4v) is 1.59. The van der Waals surface area contributed by atoms with Gasteiger partial charge in [0.25, 0.3) is 5.95 Å². The lowest BCUT2D eigenvalue weighted by molar-refractivity contribution is 0.304. The van der Waals surface area contributed by atoms with E-state index in [0.29, 0.717) is 18.1 Å². The average molecular weight is 276 g/mol. The highest BCUT2D eigenvalue weighted by Gasteiger charge is 2.06. The highest BCUT2D eigenvalue weighted by Crippen LogP contribution is 2.31. The van der Waals surface area contributed by atoms with E-state index in [2.05, 4.69) is 25.4 Å². The van der Waals surface area contributed by atoms with Crippen molar-refractivity contribution in [2.24, 2.45) is 10.2 Å². The molecule has 0 unspecified atom stereocenters. The molecule has 0 aliphatic carbocycles. The predicted octanol–water partition coefficient (Wildman–Crippen LogP) is 1.66. The molecule has 0 radical (unpaired) electrons. The van der Waals surface area contributed by atoms with Crippen LogP contribution >= 0.6 is 0 Å². The van der Waals surface area contributed by atoms with Crippen LogP contribution in [0.2, 0.25) is 0 Å². The number of aliphatic hydroxyl groups is 1. The van der Waals surface area contributed by atoms with Crippen LogP contribution in [0.25, 0.3) is 0 Å². The summed E-state index contributed by atoms with van der Waals surface area (Å²) in [5.74, 6) is 0.857. The molecule has 8 nitrogen and oxygen atoms in total. The van der Waals surface area contributed by atoms with E-state index in [-0.39, 0.29) is 18.3 Å². The van der Waals surface area contributed by atoms with Gasteiger partial charge in [-0.2, -0.15) is 4.98 Å². The Morgan fingerprint density at radius 2 is 2.15 bits per heavy atom. The van der Waals surface area contributed by atoms with E-state index in [1.807, 2.05) is 11.9 Å². The number of azo groups is 1.